The lowest BCUT2D eigenvalue weighted by atomic mass is 10.1. The first-order chi connectivity index (χ1) is 10.8. The maximum absolute atomic E-state index is 5.65. The van der Waals surface area contributed by atoms with Crippen LogP contribution in [0.2, 0.25) is 0 Å². The number of hydrogen-bond acceptors (Lipinski definition) is 4. The van der Waals surface area contributed by atoms with Gasteiger partial charge in [0.1, 0.15) is 5.75 Å². The van der Waals surface area contributed by atoms with Crippen LogP contribution < -0.4 is 10.1 Å². The van der Waals surface area contributed by atoms with Crippen LogP contribution in [0.25, 0.3) is 10.2 Å². The summed E-state index contributed by atoms with van der Waals surface area (Å²) < 4.78 is 6.81. The van der Waals surface area contributed by atoms with Crippen molar-refractivity contribution < 1.29 is 4.74 Å². The summed E-state index contributed by atoms with van der Waals surface area (Å²) in [6.07, 6.45) is 1.000. The largest absolute Gasteiger partial charge is 0.494 e. The zero-order valence-corrected chi connectivity index (χ0v) is 13.7. The molecule has 0 spiro atoms. The quantitative estimate of drug-likeness (QED) is 0.719. The Balaban J connectivity index is 1.69. The predicted molar refractivity (Wildman–Crippen MR) is 94.2 cm³/mol. The molecular weight excluding hydrogens is 292 g/mol. The Morgan fingerprint density at radius 2 is 2.00 bits per heavy atom. The fraction of sp³-hybridized carbons (Fsp3) is 0.278. The van der Waals surface area contributed by atoms with Gasteiger partial charge in [0.2, 0.25) is 0 Å². The first-order valence-electron chi connectivity index (χ1n) is 7.58. The molecule has 22 heavy (non-hydrogen) atoms. The predicted octanol–water partition coefficient (Wildman–Crippen LogP) is 4.66. The summed E-state index contributed by atoms with van der Waals surface area (Å²) in [5.41, 5.74) is 3.51. The Hall–Kier alpha value is -2.07. The molecule has 114 valence electrons. The fourth-order valence-electron chi connectivity index (χ4n) is 2.40. The van der Waals surface area contributed by atoms with Crippen molar-refractivity contribution in [3.63, 3.8) is 0 Å². The van der Waals surface area contributed by atoms with E-state index in [4.69, 9.17) is 4.74 Å². The van der Waals surface area contributed by atoms with Crippen LogP contribution in [0.1, 0.15) is 18.1 Å². The van der Waals surface area contributed by atoms with Gasteiger partial charge in [0.25, 0.3) is 0 Å². The Morgan fingerprint density at radius 3 is 2.77 bits per heavy atom. The van der Waals surface area contributed by atoms with Gasteiger partial charge in [-0.15, -0.1) is 0 Å². The zero-order chi connectivity index (χ0) is 15.4. The van der Waals surface area contributed by atoms with Gasteiger partial charge >= 0.3 is 0 Å². The molecule has 0 amide bonds. The fourth-order valence-corrected chi connectivity index (χ4v) is 3.31. The van der Waals surface area contributed by atoms with E-state index in [1.54, 1.807) is 11.3 Å². The smallest absolute Gasteiger partial charge is 0.183 e. The number of anilines is 1. The van der Waals surface area contributed by atoms with E-state index in [-0.39, 0.29) is 0 Å². The second kappa shape index (κ2) is 6.79. The highest BCUT2D eigenvalue weighted by molar-refractivity contribution is 7.22. The SMILES string of the molecule is CCOc1cc2sc(NCCc3ccccc3)nc2cc1C. The molecule has 1 heterocycles. The van der Waals surface area contributed by atoms with Crippen molar-refractivity contribution in [3.8, 4) is 5.75 Å². The average Bonchev–Trinajstić information content (AvgIpc) is 2.90. The first kappa shape index (κ1) is 14.9. The molecule has 1 N–H and O–H groups in total. The number of benzene rings is 2. The monoisotopic (exact) mass is 312 g/mol. The second-order valence-corrected chi connectivity index (χ2v) is 6.23. The van der Waals surface area contributed by atoms with E-state index in [0.717, 1.165) is 39.6 Å². The number of hydrogen-bond donors (Lipinski definition) is 1. The maximum atomic E-state index is 5.65. The van der Waals surface area contributed by atoms with Crippen LogP contribution in [0, 0.1) is 6.92 Å². The molecule has 4 heteroatoms. The maximum Gasteiger partial charge on any atom is 0.183 e. The molecule has 0 saturated carbocycles. The third-order valence-corrected chi connectivity index (χ3v) is 4.49. The molecule has 2 aromatic carbocycles. The van der Waals surface area contributed by atoms with Crippen LogP contribution >= 0.6 is 11.3 Å². The van der Waals surface area contributed by atoms with Gasteiger partial charge in [-0.2, -0.15) is 0 Å². The van der Waals surface area contributed by atoms with Crippen molar-refractivity contribution in [2.75, 3.05) is 18.5 Å². The molecule has 0 bridgehead atoms. The molecule has 0 aliphatic rings. The normalized spacial score (nSPS) is 10.8. The summed E-state index contributed by atoms with van der Waals surface area (Å²) in [6.45, 7) is 5.65. The standard InChI is InChI=1S/C18H20N2OS/c1-3-21-16-12-17-15(11-13(16)2)20-18(22-17)19-10-9-14-7-5-4-6-8-14/h4-8,11-12H,3,9-10H2,1-2H3,(H,19,20). The second-order valence-electron chi connectivity index (χ2n) is 5.20. The number of aryl methyl sites for hydroxylation is 1. The van der Waals surface area contributed by atoms with Crippen LogP contribution in [0.3, 0.4) is 0 Å². The van der Waals surface area contributed by atoms with Crippen molar-refractivity contribution in [2.24, 2.45) is 0 Å². The minimum absolute atomic E-state index is 0.688. The van der Waals surface area contributed by atoms with Crippen molar-refractivity contribution in [1.82, 2.24) is 4.98 Å². The van der Waals surface area contributed by atoms with Gasteiger partial charge in [-0.25, -0.2) is 4.98 Å². The summed E-state index contributed by atoms with van der Waals surface area (Å²) in [6, 6.07) is 14.7. The lowest BCUT2D eigenvalue weighted by Crippen LogP contribution is -2.04. The summed E-state index contributed by atoms with van der Waals surface area (Å²) in [7, 11) is 0. The molecule has 3 rings (SSSR count). The number of nitrogens with one attached hydrogen (secondary N) is 1. The van der Waals surface area contributed by atoms with Crippen LogP contribution in [0.15, 0.2) is 42.5 Å². The third kappa shape index (κ3) is 3.39. The number of aromatic nitrogens is 1. The molecule has 0 radical (unpaired) electrons. The van der Waals surface area contributed by atoms with Gasteiger partial charge in [-0.1, -0.05) is 41.7 Å². The number of nitrogens with zero attached hydrogens (tertiary/aromatic N) is 1. The van der Waals surface area contributed by atoms with Crippen molar-refractivity contribution in [1.29, 1.82) is 0 Å². The third-order valence-electron chi connectivity index (χ3n) is 3.52. The van der Waals surface area contributed by atoms with Crippen LogP contribution in [-0.4, -0.2) is 18.1 Å². The van der Waals surface area contributed by atoms with E-state index >= 15 is 0 Å². The van der Waals surface area contributed by atoms with Gasteiger partial charge < -0.3 is 10.1 Å². The van der Waals surface area contributed by atoms with Gasteiger partial charge in [-0.05, 0) is 43.5 Å². The molecule has 0 aliphatic carbocycles. The topological polar surface area (TPSA) is 34.1 Å². The minimum atomic E-state index is 0.688. The highest BCUT2D eigenvalue weighted by atomic mass is 32.1. The van der Waals surface area contributed by atoms with E-state index in [9.17, 15) is 0 Å². The number of rotatable bonds is 6. The number of thiazole rings is 1. The molecule has 3 aromatic rings. The van der Waals surface area contributed by atoms with E-state index in [0.29, 0.717) is 6.61 Å². The van der Waals surface area contributed by atoms with Crippen LogP contribution in [-0.2, 0) is 6.42 Å². The highest BCUT2D eigenvalue weighted by Gasteiger charge is 2.08. The number of ether oxygens (including phenoxy) is 1. The van der Waals surface area contributed by atoms with Crippen LogP contribution in [0.4, 0.5) is 5.13 Å². The average molecular weight is 312 g/mol. The van der Waals surface area contributed by atoms with Gasteiger partial charge in [0, 0.05) is 6.54 Å². The van der Waals surface area contributed by atoms with Gasteiger partial charge in [0.15, 0.2) is 5.13 Å². The summed E-state index contributed by atoms with van der Waals surface area (Å²) >= 11 is 1.68. The summed E-state index contributed by atoms with van der Waals surface area (Å²) in [5.74, 6) is 0.953. The molecule has 3 nitrogen and oxygen atoms in total. The van der Waals surface area contributed by atoms with Gasteiger partial charge in [0.05, 0.1) is 16.8 Å². The lowest BCUT2D eigenvalue weighted by molar-refractivity contribution is 0.338. The molecule has 0 fully saturated rings. The minimum Gasteiger partial charge on any atom is -0.494 e. The number of fused-ring (bicyclic) bond motifs is 1. The zero-order valence-electron chi connectivity index (χ0n) is 12.9. The Bertz CT molecular complexity index is 752. The lowest BCUT2D eigenvalue weighted by Gasteiger charge is -2.05. The van der Waals surface area contributed by atoms with E-state index < -0.39 is 0 Å². The highest BCUT2D eigenvalue weighted by Crippen LogP contribution is 2.31. The molecule has 1 aromatic heterocycles. The molecule has 0 aliphatic heterocycles. The Labute approximate surface area is 135 Å². The Morgan fingerprint density at radius 1 is 1.18 bits per heavy atom. The van der Waals surface area contributed by atoms with Crippen LogP contribution in [0.5, 0.6) is 5.75 Å². The molecule has 0 atom stereocenters. The Kier molecular flexibility index (Phi) is 4.59. The summed E-state index contributed by atoms with van der Waals surface area (Å²) in [5, 5.41) is 4.39. The molecule has 0 saturated heterocycles. The van der Waals surface area contributed by atoms with Crippen molar-refractivity contribution in [3.05, 3.63) is 53.6 Å². The molecule has 0 unspecified atom stereocenters. The van der Waals surface area contributed by atoms with Crippen molar-refractivity contribution in [2.45, 2.75) is 20.3 Å². The van der Waals surface area contributed by atoms with E-state index in [1.807, 2.05) is 13.0 Å². The summed E-state index contributed by atoms with van der Waals surface area (Å²) in [4.78, 5) is 4.66. The molecular formula is C18H20N2OS. The van der Waals surface area contributed by atoms with E-state index in [2.05, 4.69) is 53.6 Å². The first-order valence-corrected chi connectivity index (χ1v) is 8.39. The van der Waals surface area contributed by atoms with Crippen molar-refractivity contribution >= 4 is 26.7 Å². The van der Waals surface area contributed by atoms with Gasteiger partial charge in [-0.3, -0.25) is 0 Å². The van der Waals surface area contributed by atoms with E-state index in [1.165, 1.54) is 5.56 Å².